The fourth-order valence-corrected chi connectivity index (χ4v) is 1.75. The van der Waals surface area contributed by atoms with Gasteiger partial charge < -0.3 is 5.32 Å². The zero-order chi connectivity index (χ0) is 11.6. The highest BCUT2D eigenvalue weighted by atomic mass is 15.3. The zero-order valence-electron chi connectivity index (χ0n) is 10.8. The Morgan fingerprint density at radius 2 is 2.07 bits per heavy atom. The standard InChI is InChI=1S/C12H23N3/c1-9(13-6)7-11-8-14-15(10(11)2)12(3,4)5/h8-9,13H,7H2,1-6H3. The van der Waals surface area contributed by atoms with Crippen LogP contribution in [0.15, 0.2) is 6.20 Å². The Labute approximate surface area is 92.9 Å². The highest BCUT2D eigenvalue weighted by Gasteiger charge is 2.18. The quantitative estimate of drug-likeness (QED) is 0.826. The van der Waals surface area contributed by atoms with Crippen molar-refractivity contribution in [1.82, 2.24) is 15.1 Å². The molecule has 1 aromatic rings. The topological polar surface area (TPSA) is 29.9 Å². The Bertz CT molecular complexity index is 320. The second-order valence-corrected chi connectivity index (χ2v) is 5.23. The third-order valence-electron chi connectivity index (χ3n) is 2.77. The molecule has 15 heavy (non-hydrogen) atoms. The normalized spacial score (nSPS) is 14.3. The summed E-state index contributed by atoms with van der Waals surface area (Å²) in [5, 5.41) is 7.71. The van der Waals surface area contributed by atoms with Crippen molar-refractivity contribution in [3.8, 4) is 0 Å². The van der Waals surface area contributed by atoms with Crippen LogP contribution in [0.4, 0.5) is 0 Å². The van der Waals surface area contributed by atoms with E-state index in [2.05, 4.69) is 49.7 Å². The zero-order valence-corrected chi connectivity index (χ0v) is 10.8. The van der Waals surface area contributed by atoms with E-state index in [0.717, 1.165) is 6.42 Å². The van der Waals surface area contributed by atoms with Gasteiger partial charge in [0.05, 0.1) is 11.7 Å². The summed E-state index contributed by atoms with van der Waals surface area (Å²) in [6.45, 7) is 10.9. The van der Waals surface area contributed by atoms with Crippen LogP contribution in [0.3, 0.4) is 0 Å². The second kappa shape index (κ2) is 4.35. The van der Waals surface area contributed by atoms with Gasteiger partial charge in [-0.05, 0) is 53.7 Å². The van der Waals surface area contributed by atoms with Crippen LogP contribution in [0.25, 0.3) is 0 Å². The molecule has 1 atom stereocenters. The monoisotopic (exact) mass is 209 g/mol. The van der Waals surface area contributed by atoms with Gasteiger partial charge in [-0.25, -0.2) is 0 Å². The maximum Gasteiger partial charge on any atom is 0.0546 e. The smallest absolute Gasteiger partial charge is 0.0546 e. The maximum absolute atomic E-state index is 4.46. The molecule has 0 aliphatic rings. The van der Waals surface area contributed by atoms with E-state index in [9.17, 15) is 0 Å². The Hall–Kier alpha value is -0.830. The molecule has 1 rings (SSSR count). The van der Waals surface area contributed by atoms with E-state index in [1.54, 1.807) is 0 Å². The van der Waals surface area contributed by atoms with E-state index in [-0.39, 0.29) is 5.54 Å². The summed E-state index contributed by atoms with van der Waals surface area (Å²) < 4.78 is 2.10. The Morgan fingerprint density at radius 1 is 1.47 bits per heavy atom. The fourth-order valence-electron chi connectivity index (χ4n) is 1.75. The molecule has 0 aromatic carbocycles. The fraction of sp³-hybridized carbons (Fsp3) is 0.750. The van der Waals surface area contributed by atoms with Gasteiger partial charge in [-0.2, -0.15) is 5.10 Å². The summed E-state index contributed by atoms with van der Waals surface area (Å²) in [6, 6.07) is 0.501. The molecule has 0 bridgehead atoms. The molecule has 0 saturated heterocycles. The van der Waals surface area contributed by atoms with Crippen molar-refractivity contribution in [3.05, 3.63) is 17.5 Å². The number of rotatable bonds is 3. The van der Waals surface area contributed by atoms with Crippen LogP contribution in [-0.2, 0) is 12.0 Å². The average molecular weight is 209 g/mol. The van der Waals surface area contributed by atoms with Crippen LogP contribution in [0, 0.1) is 6.92 Å². The van der Waals surface area contributed by atoms with E-state index in [4.69, 9.17) is 0 Å². The molecule has 1 N–H and O–H groups in total. The minimum Gasteiger partial charge on any atom is -0.317 e. The summed E-state index contributed by atoms with van der Waals surface area (Å²) >= 11 is 0. The molecular formula is C12H23N3. The van der Waals surface area contributed by atoms with Gasteiger partial charge >= 0.3 is 0 Å². The molecule has 0 spiro atoms. The molecule has 0 fully saturated rings. The molecule has 1 aromatic heterocycles. The van der Waals surface area contributed by atoms with E-state index in [1.165, 1.54) is 11.3 Å². The SMILES string of the molecule is CNC(C)Cc1cnn(C(C)(C)C)c1C. The first kappa shape index (κ1) is 12.2. The first-order valence-electron chi connectivity index (χ1n) is 5.57. The summed E-state index contributed by atoms with van der Waals surface area (Å²) in [5.74, 6) is 0. The van der Waals surface area contributed by atoms with Gasteiger partial charge in [-0.1, -0.05) is 0 Å². The van der Waals surface area contributed by atoms with Crippen LogP contribution in [0.2, 0.25) is 0 Å². The van der Waals surface area contributed by atoms with Crippen LogP contribution in [0.1, 0.15) is 39.0 Å². The second-order valence-electron chi connectivity index (χ2n) is 5.23. The Balaban J connectivity index is 2.90. The van der Waals surface area contributed by atoms with Crippen molar-refractivity contribution in [2.45, 2.75) is 52.6 Å². The first-order valence-corrected chi connectivity index (χ1v) is 5.57. The van der Waals surface area contributed by atoms with Gasteiger partial charge in [-0.3, -0.25) is 4.68 Å². The molecule has 0 radical (unpaired) electrons. The van der Waals surface area contributed by atoms with Crippen molar-refractivity contribution in [2.75, 3.05) is 7.05 Å². The molecule has 3 nitrogen and oxygen atoms in total. The molecule has 1 heterocycles. The predicted octanol–water partition coefficient (Wildman–Crippen LogP) is 2.10. The Morgan fingerprint density at radius 3 is 2.47 bits per heavy atom. The third-order valence-corrected chi connectivity index (χ3v) is 2.77. The van der Waals surface area contributed by atoms with Gasteiger partial charge in [0.15, 0.2) is 0 Å². The molecular weight excluding hydrogens is 186 g/mol. The van der Waals surface area contributed by atoms with Crippen molar-refractivity contribution in [2.24, 2.45) is 0 Å². The molecule has 0 amide bonds. The summed E-state index contributed by atoms with van der Waals surface area (Å²) in [5.41, 5.74) is 2.70. The molecule has 0 saturated carbocycles. The van der Waals surface area contributed by atoms with Gasteiger partial charge in [0.2, 0.25) is 0 Å². The van der Waals surface area contributed by atoms with Crippen LogP contribution < -0.4 is 5.32 Å². The summed E-state index contributed by atoms with van der Waals surface area (Å²) in [4.78, 5) is 0. The minimum atomic E-state index is 0.0746. The number of likely N-dealkylation sites (N-methyl/N-ethyl adjacent to an activating group) is 1. The van der Waals surface area contributed by atoms with E-state index >= 15 is 0 Å². The lowest BCUT2D eigenvalue weighted by Gasteiger charge is -2.21. The van der Waals surface area contributed by atoms with E-state index in [1.807, 2.05) is 13.2 Å². The van der Waals surface area contributed by atoms with E-state index in [0.29, 0.717) is 6.04 Å². The van der Waals surface area contributed by atoms with Crippen LogP contribution >= 0.6 is 0 Å². The minimum absolute atomic E-state index is 0.0746. The highest BCUT2D eigenvalue weighted by molar-refractivity contribution is 5.18. The lowest BCUT2D eigenvalue weighted by molar-refractivity contribution is 0.347. The maximum atomic E-state index is 4.46. The average Bonchev–Trinajstić information content (AvgIpc) is 2.47. The van der Waals surface area contributed by atoms with Crippen molar-refractivity contribution < 1.29 is 0 Å². The lowest BCUT2D eigenvalue weighted by Crippen LogP contribution is -2.26. The number of nitrogens with zero attached hydrogens (tertiary/aromatic N) is 2. The largest absolute Gasteiger partial charge is 0.317 e. The van der Waals surface area contributed by atoms with Gasteiger partial charge in [0.25, 0.3) is 0 Å². The molecule has 3 heteroatoms. The predicted molar refractivity (Wildman–Crippen MR) is 64.2 cm³/mol. The summed E-state index contributed by atoms with van der Waals surface area (Å²) in [6.07, 6.45) is 3.03. The molecule has 0 aliphatic carbocycles. The number of hydrogen-bond donors (Lipinski definition) is 1. The van der Waals surface area contributed by atoms with Gasteiger partial charge in [0.1, 0.15) is 0 Å². The van der Waals surface area contributed by atoms with E-state index < -0.39 is 0 Å². The van der Waals surface area contributed by atoms with Crippen LogP contribution in [0.5, 0.6) is 0 Å². The number of nitrogens with one attached hydrogen (secondary N) is 1. The van der Waals surface area contributed by atoms with Crippen LogP contribution in [-0.4, -0.2) is 22.9 Å². The Kier molecular flexibility index (Phi) is 3.55. The first-order chi connectivity index (χ1) is 6.86. The number of aromatic nitrogens is 2. The summed E-state index contributed by atoms with van der Waals surface area (Å²) in [7, 11) is 1.99. The third kappa shape index (κ3) is 2.81. The van der Waals surface area contributed by atoms with Crippen molar-refractivity contribution in [1.29, 1.82) is 0 Å². The lowest BCUT2D eigenvalue weighted by atomic mass is 10.1. The van der Waals surface area contributed by atoms with Crippen molar-refractivity contribution >= 4 is 0 Å². The molecule has 0 aliphatic heterocycles. The van der Waals surface area contributed by atoms with Gasteiger partial charge in [0, 0.05) is 11.7 Å². The molecule has 86 valence electrons. The van der Waals surface area contributed by atoms with Crippen molar-refractivity contribution in [3.63, 3.8) is 0 Å². The van der Waals surface area contributed by atoms with Gasteiger partial charge in [-0.15, -0.1) is 0 Å². The molecule has 1 unspecified atom stereocenters. The highest BCUT2D eigenvalue weighted by Crippen LogP contribution is 2.19. The number of hydrogen-bond acceptors (Lipinski definition) is 2.